The number of ketones is 1. The van der Waals surface area contributed by atoms with Gasteiger partial charge in [-0.2, -0.15) is 0 Å². The summed E-state index contributed by atoms with van der Waals surface area (Å²) in [5, 5.41) is 3.85. The van der Waals surface area contributed by atoms with E-state index in [-0.39, 0.29) is 11.0 Å². The van der Waals surface area contributed by atoms with Crippen LogP contribution in [0.3, 0.4) is 0 Å². The molecule has 0 radical (unpaired) electrons. The fourth-order valence-corrected chi connectivity index (χ4v) is 4.05. The number of nitrogens with zero attached hydrogens (tertiary/aromatic N) is 1. The Kier molecular flexibility index (Phi) is 4.94. The van der Waals surface area contributed by atoms with Crippen molar-refractivity contribution in [2.75, 3.05) is 0 Å². The Balaban J connectivity index is 1.97. The molecule has 1 aromatic heterocycles. The molecule has 3 rings (SSSR count). The summed E-state index contributed by atoms with van der Waals surface area (Å²) in [7, 11) is 0. The first-order valence-corrected chi connectivity index (χ1v) is 9.80. The summed E-state index contributed by atoms with van der Waals surface area (Å²) >= 11 is 2.46. The van der Waals surface area contributed by atoms with Crippen molar-refractivity contribution in [2.24, 2.45) is 0 Å². The van der Waals surface area contributed by atoms with Gasteiger partial charge in [0.05, 0.1) is 11.8 Å². The molecular formula is C17H18BrNO3S. The van der Waals surface area contributed by atoms with Gasteiger partial charge in [0.1, 0.15) is 11.0 Å². The highest BCUT2D eigenvalue weighted by Crippen LogP contribution is 2.42. The molecule has 1 aromatic carbocycles. The van der Waals surface area contributed by atoms with Gasteiger partial charge >= 0.3 is 0 Å². The van der Waals surface area contributed by atoms with Gasteiger partial charge in [0.15, 0.2) is 11.5 Å². The number of carbonyl (C=O) groups is 1. The normalized spacial score (nSPS) is 15.9. The number of halogens is 1. The van der Waals surface area contributed by atoms with Gasteiger partial charge in [-0.25, -0.2) is 0 Å². The Hall–Kier alpha value is -1.11. The number of carbonyl (C=O) groups excluding carboxylic acids is 1. The molecule has 1 unspecified atom stereocenters. The molecule has 1 heterocycles. The van der Waals surface area contributed by atoms with Crippen molar-refractivity contribution in [1.29, 1.82) is 0 Å². The quantitative estimate of drug-likeness (QED) is 0.542. The average molecular weight is 396 g/mol. The van der Waals surface area contributed by atoms with E-state index in [1.807, 2.05) is 26.0 Å². The van der Waals surface area contributed by atoms with Crippen LogP contribution in [0.25, 0.3) is 0 Å². The van der Waals surface area contributed by atoms with Crippen molar-refractivity contribution in [3.63, 3.8) is 0 Å². The number of hydrogen-bond acceptors (Lipinski definition) is 4. The highest BCUT2D eigenvalue weighted by Gasteiger charge is 2.33. The second-order valence-corrected chi connectivity index (χ2v) is 8.89. The molecule has 0 amide bonds. The number of aromatic nitrogens is 1. The Morgan fingerprint density at radius 3 is 2.83 bits per heavy atom. The Bertz CT molecular complexity index is 724. The van der Waals surface area contributed by atoms with E-state index in [0.717, 1.165) is 22.9 Å². The number of hydrogen-bond donors (Lipinski definition) is 0. The van der Waals surface area contributed by atoms with Crippen LogP contribution in [0.5, 0.6) is 0 Å². The van der Waals surface area contributed by atoms with Crippen LogP contribution >= 0.6 is 15.9 Å². The van der Waals surface area contributed by atoms with Gasteiger partial charge in [-0.15, -0.1) is 0 Å². The standard InChI is InChI=1S/C17H18BrNO3S/c1-10(2)23(21)9-14-12(4-3-5-15(14)18)16(20)13-8-19-22-17(13)11-6-7-11/h3-5,8,10-11H,6-7,9H2,1-2H3. The summed E-state index contributed by atoms with van der Waals surface area (Å²) in [5.74, 6) is 1.25. The lowest BCUT2D eigenvalue weighted by Gasteiger charge is -2.17. The minimum absolute atomic E-state index is 0.0441. The van der Waals surface area contributed by atoms with E-state index >= 15 is 0 Å². The molecule has 1 fully saturated rings. The van der Waals surface area contributed by atoms with E-state index in [4.69, 9.17) is 4.52 Å². The van der Waals surface area contributed by atoms with Crippen molar-refractivity contribution in [2.45, 2.75) is 43.6 Å². The lowest BCUT2D eigenvalue weighted by molar-refractivity contribution is 0.103. The average Bonchev–Trinajstić information content (AvgIpc) is 3.25. The van der Waals surface area contributed by atoms with Crippen molar-refractivity contribution < 1.29 is 13.9 Å². The van der Waals surface area contributed by atoms with Gasteiger partial charge in [-0.1, -0.05) is 33.2 Å². The molecule has 0 saturated heterocycles. The van der Waals surface area contributed by atoms with Crippen LogP contribution in [0, 0.1) is 0 Å². The lowest BCUT2D eigenvalue weighted by atomic mass is 9.98. The smallest absolute Gasteiger partial charge is 0.198 e. The van der Waals surface area contributed by atoms with E-state index < -0.39 is 11.2 Å². The van der Waals surface area contributed by atoms with E-state index in [1.54, 1.807) is 6.07 Å². The third-order valence-electron chi connectivity index (χ3n) is 3.97. The first kappa shape index (κ1) is 16.7. The van der Waals surface area contributed by atoms with Crippen molar-refractivity contribution in [3.8, 4) is 0 Å². The predicted octanol–water partition coefficient (Wildman–Crippen LogP) is 4.20. The third-order valence-corrected chi connectivity index (χ3v) is 6.33. The summed E-state index contributed by atoms with van der Waals surface area (Å²) in [6, 6.07) is 5.48. The molecule has 0 spiro atoms. The highest BCUT2D eigenvalue weighted by atomic mass is 79.9. The van der Waals surface area contributed by atoms with Crippen molar-refractivity contribution in [3.05, 3.63) is 51.3 Å². The van der Waals surface area contributed by atoms with Crippen LogP contribution < -0.4 is 0 Å². The van der Waals surface area contributed by atoms with Gasteiger partial charge in [-0.05, 0) is 43.9 Å². The van der Waals surface area contributed by atoms with Crippen LogP contribution in [0.2, 0.25) is 0 Å². The lowest BCUT2D eigenvalue weighted by Crippen LogP contribution is -2.18. The molecule has 0 bridgehead atoms. The van der Waals surface area contributed by atoms with Gasteiger partial charge in [-0.3, -0.25) is 4.79 Å². The van der Waals surface area contributed by atoms with Crippen LogP contribution in [-0.2, 0) is 16.9 Å². The Labute approximate surface area is 146 Å². The third kappa shape index (κ3) is 3.54. The zero-order chi connectivity index (χ0) is 16.6. The molecule has 0 N–H and O–H groups in total. The molecule has 1 saturated carbocycles. The first-order chi connectivity index (χ1) is 11.0. The van der Waals surface area contributed by atoms with Crippen LogP contribution in [-0.4, -0.2) is 20.7 Å². The minimum Gasteiger partial charge on any atom is -0.616 e. The van der Waals surface area contributed by atoms with Crippen LogP contribution in [0.1, 0.15) is 59.9 Å². The summed E-state index contributed by atoms with van der Waals surface area (Å²) in [4.78, 5) is 13.0. The second-order valence-electron chi connectivity index (χ2n) is 6.05. The molecule has 0 aliphatic heterocycles. The van der Waals surface area contributed by atoms with Gasteiger partial charge in [0.2, 0.25) is 0 Å². The van der Waals surface area contributed by atoms with E-state index in [9.17, 15) is 9.35 Å². The Morgan fingerprint density at radius 2 is 2.17 bits per heavy atom. The molecule has 4 nitrogen and oxygen atoms in total. The maximum Gasteiger partial charge on any atom is 0.198 e. The van der Waals surface area contributed by atoms with E-state index in [0.29, 0.717) is 28.6 Å². The minimum atomic E-state index is -1.03. The molecule has 6 heteroatoms. The van der Waals surface area contributed by atoms with E-state index in [1.165, 1.54) is 6.20 Å². The van der Waals surface area contributed by atoms with Gasteiger partial charge < -0.3 is 9.08 Å². The van der Waals surface area contributed by atoms with Gasteiger partial charge in [0, 0.05) is 21.5 Å². The fraction of sp³-hybridized carbons (Fsp3) is 0.412. The summed E-state index contributed by atoms with van der Waals surface area (Å²) < 4.78 is 18.3. The Morgan fingerprint density at radius 1 is 1.43 bits per heavy atom. The van der Waals surface area contributed by atoms with Crippen LogP contribution in [0.4, 0.5) is 0 Å². The van der Waals surface area contributed by atoms with Gasteiger partial charge in [0.25, 0.3) is 0 Å². The zero-order valence-electron chi connectivity index (χ0n) is 13.0. The largest absolute Gasteiger partial charge is 0.616 e. The monoisotopic (exact) mass is 395 g/mol. The SMILES string of the molecule is CC(C)[S+]([O-])Cc1c(Br)cccc1C(=O)c1cnoc1C1CC1. The maximum atomic E-state index is 13.0. The maximum absolute atomic E-state index is 13.0. The van der Waals surface area contributed by atoms with Crippen molar-refractivity contribution in [1.82, 2.24) is 5.16 Å². The van der Waals surface area contributed by atoms with E-state index in [2.05, 4.69) is 21.1 Å². The summed E-state index contributed by atoms with van der Waals surface area (Å²) in [6.07, 6.45) is 3.58. The fourth-order valence-electron chi connectivity index (χ4n) is 2.43. The molecule has 1 aliphatic rings. The summed E-state index contributed by atoms with van der Waals surface area (Å²) in [5.41, 5.74) is 1.88. The molecule has 1 aliphatic carbocycles. The van der Waals surface area contributed by atoms with Crippen LogP contribution in [0.15, 0.2) is 33.4 Å². The molecule has 122 valence electrons. The second kappa shape index (κ2) is 6.79. The predicted molar refractivity (Wildman–Crippen MR) is 93.0 cm³/mol. The van der Waals surface area contributed by atoms with Crippen molar-refractivity contribution >= 4 is 32.9 Å². The molecule has 1 atom stereocenters. The summed E-state index contributed by atoms with van der Waals surface area (Å²) in [6.45, 7) is 3.83. The zero-order valence-corrected chi connectivity index (χ0v) is 15.4. The topological polar surface area (TPSA) is 66.2 Å². The first-order valence-electron chi connectivity index (χ1n) is 7.63. The number of benzene rings is 1. The molecule has 2 aromatic rings. The molecule has 23 heavy (non-hydrogen) atoms. The molecular weight excluding hydrogens is 378 g/mol. The number of rotatable bonds is 6. The highest BCUT2D eigenvalue weighted by molar-refractivity contribution is 9.10.